The number of rotatable bonds is 5. The van der Waals surface area contributed by atoms with Gasteiger partial charge in [0.2, 0.25) is 5.91 Å². The Kier molecular flexibility index (Phi) is 5.82. The fourth-order valence-electron chi connectivity index (χ4n) is 1.37. The second kappa shape index (κ2) is 7.62. The second-order valence-corrected chi connectivity index (χ2v) is 3.78. The topological polar surface area (TPSA) is 123 Å². The summed E-state index contributed by atoms with van der Waals surface area (Å²) < 4.78 is 5.02. The van der Waals surface area contributed by atoms with Gasteiger partial charge in [0.1, 0.15) is 5.75 Å². The van der Waals surface area contributed by atoms with Crippen LogP contribution in [0.1, 0.15) is 6.42 Å². The van der Waals surface area contributed by atoms with Crippen molar-refractivity contribution in [3.63, 3.8) is 0 Å². The number of nitrogens with two attached hydrogens (primary N) is 1. The molecule has 1 aromatic carbocycles. The molecule has 0 aliphatic heterocycles. The molecule has 8 heteroatoms. The number of benzene rings is 1. The molecular weight excluding hydrogens is 264 g/mol. The van der Waals surface area contributed by atoms with Gasteiger partial charge in [-0.1, -0.05) is 6.07 Å². The van der Waals surface area contributed by atoms with E-state index >= 15 is 0 Å². The van der Waals surface area contributed by atoms with E-state index in [9.17, 15) is 14.4 Å². The molecule has 20 heavy (non-hydrogen) atoms. The smallest absolute Gasteiger partial charge is 0.319 e. The zero-order chi connectivity index (χ0) is 15.0. The molecule has 0 spiro atoms. The molecule has 108 valence electrons. The van der Waals surface area contributed by atoms with Gasteiger partial charge in [0.15, 0.2) is 0 Å². The highest BCUT2D eigenvalue weighted by Gasteiger charge is 2.06. The number of anilines is 1. The lowest BCUT2D eigenvalue weighted by Crippen LogP contribution is -2.38. The quantitative estimate of drug-likeness (QED) is 0.623. The summed E-state index contributed by atoms with van der Waals surface area (Å²) in [6.45, 7) is 0.0783. The third-order valence-electron chi connectivity index (χ3n) is 2.23. The van der Waals surface area contributed by atoms with Gasteiger partial charge in [0.05, 0.1) is 7.11 Å². The van der Waals surface area contributed by atoms with Crippen molar-refractivity contribution in [3.8, 4) is 5.75 Å². The first-order chi connectivity index (χ1) is 9.51. The number of urea groups is 2. The SMILES string of the molecule is COc1cccc(NC(=O)NCCC(=O)NC(N)=O)c1. The van der Waals surface area contributed by atoms with E-state index in [1.807, 2.05) is 5.32 Å². The molecule has 0 saturated carbocycles. The van der Waals surface area contributed by atoms with Crippen molar-refractivity contribution in [2.45, 2.75) is 6.42 Å². The van der Waals surface area contributed by atoms with Crippen LogP contribution in [0.25, 0.3) is 0 Å². The first-order valence-corrected chi connectivity index (χ1v) is 5.79. The highest BCUT2D eigenvalue weighted by molar-refractivity contribution is 5.94. The fraction of sp³-hybridized carbons (Fsp3) is 0.250. The Labute approximate surface area is 115 Å². The highest BCUT2D eigenvalue weighted by Crippen LogP contribution is 2.16. The number of hydrogen-bond acceptors (Lipinski definition) is 4. The molecule has 0 saturated heterocycles. The number of imide groups is 1. The average molecular weight is 280 g/mol. The van der Waals surface area contributed by atoms with E-state index in [0.29, 0.717) is 11.4 Å². The lowest BCUT2D eigenvalue weighted by atomic mass is 10.3. The Morgan fingerprint density at radius 3 is 2.70 bits per heavy atom. The Morgan fingerprint density at radius 2 is 2.05 bits per heavy atom. The van der Waals surface area contributed by atoms with Gasteiger partial charge >= 0.3 is 12.1 Å². The molecule has 0 atom stereocenters. The molecule has 1 rings (SSSR count). The second-order valence-electron chi connectivity index (χ2n) is 3.78. The minimum absolute atomic E-state index is 0.0472. The van der Waals surface area contributed by atoms with Crippen LogP contribution in [0.3, 0.4) is 0 Å². The number of primary amides is 1. The van der Waals surface area contributed by atoms with Gasteiger partial charge in [-0.25, -0.2) is 9.59 Å². The molecule has 0 aromatic heterocycles. The molecule has 0 aliphatic carbocycles. The summed E-state index contributed by atoms with van der Waals surface area (Å²) in [6, 6.07) is 5.44. The lowest BCUT2D eigenvalue weighted by molar-refractivity contribution is -0.119. The van der Waals surface area contributed by atoms with Crippen LogP contribution in [-0.4, -0.2) is 31.6 Å². The zero-order valence-corrected chi connectivity index (χ0v) is 10.9. The third-order valence-corrected chi connectivity index (χ3v) is 2.23. The largest absolute Gasteiger partial charge is 0.497 e. The van der Waals surface area contributed by atoms with Crippen LogP contribution in [0.5, 0.6) is 5.75 Å². The molecule has 0 heterocycles. The first kappa shape index (κ1) is 15.3. The van der Waals surface area contributed by atoms with Gasteiger partial charge in [0, 0.05) is 24.7 Å². The maximum Gasteiger partial charge on any atom is 0.319 e. The van der Waals surface area contributed by atoms with E-state index in [-0.39, 0.29) is 13.0 Å². The van der Waals surface area contributed by atoms with E-state index in [0.717, 1.165) is 0 Å². The normalized spacial score (nSPS) is 9.45. The summed E-state index contributed by atoms with van der Waals surface area (Å²) in [4.78, 5) is 33.0. The van der Waals surface area contributed by atoms with Crippen LogP contribution >= 0.6 is 0 Å². The minimum Gasteiger partial charge on any atom is -0.497 e. The zero-order valence-electron chi connectivity index (χ0n) is 10.9. The van der Waals surface area contributed by atoms with Crippen molar-refractivity contribution in [1.29, 1.82) is 0 Å². The molecule has 8 nitrogen and oxygen atoms in total. The molecule has 0 radical (unpaired) electrons. The van der Waals surface area contributed by atoms with Crippen LogP contribution in [0.2, 0.25) is 0 Å². The number of ether oxygens (including phenoxy) is 1. The predicted octanol–water partition coefficient (Wildman–Crippen LogP) is 0.402. The van der Waals surface area contributed by atoms with Crippen LogP contribution in [-0.2, 0) is 4.79 Å². The van der Waals surface area contributed by atoms with Crippen LogP contribution in [0.4, 0.5) is 15.3 Å². The Morgan fingerprint density at radius 1 is 1.30 bits per heavy atom. The molecule has 1 aromatic rings. The molecule has 0 fully saturated rings. The monoisotopic (exact) mass is 280 g/mol. The number of nitrogens with one attached hydrogen (secondary N) is 3. The van der Waals surface area contributed by atoms with E-state index in [4.69, 9.17) is 10.5 Å². The maximum absolute atomic E-state index is 11.5. The van der Waals surface area contributed by atoms with Crippen LogP contribution in [0.15, 0.2) is 24.3 Å². The summed E-state index contributed by atoms with van der Waals surface area (Å²) in [7, 11) is 1.52. The van der Waals surface area contributed by atoms with Crippen molar-refractivity contribution in [2.24, 2.45) is 5.73 Å². The van der Waals surface area contributed by atoms with Crippen molar-refractivity contribution in [3.05, 3.63) is 24.3 Å². The van der Waals surface area contributed by atoms with E-state index in [1.165, 1.54) is 7.11 Å². The molecular formula is C12H16N4O4. The highest BCUT2D eigenvalue weighted by atomic mass is 16.5. The molecule has 0 unspecified atom stereocenters. The first-order valence-electron chi connectivity index (χ1n) is 5.79. The van der Waals surface area contributed by atoms with Gasteiger partial charge in [-0.2, -0.15) is 0 Å². The fourth-order valence-corrected chi connectivity index (χ4v) is 1.37. The van der Waals surface area contributed by atoms with Gasteiger partial charge in [-0.3, -0.25) is 10.1 Å². The van der Waals surface area contributed by atoms with Gasteiger partial charge in [-0.15, -0.1) is 0 Å². The van der Waals surface area contributed by atoms with Crippen molar-refractivity contribution in [1.82, 2.24) is 10.6 Å². The number of carbonyl (C=O) groups excluding carboxylic acids is 3. The standard InChI is InChI=1S/C12H16N4O4/c1-20-9-4-2-3-8(7-9)15-12(19)14-6-5-10(17)16-11(13)18/h2-4,7H,5-6H2,1H3,(H2,14,15,19)(H3,13,16,17,18). The Hall–Kier alpha value is -2.77. The van der Waals surface area contributed by atoms with E-state index in [1.54, 1.807) is 24.3 Å². The summed E-state index contributed by atoms with van der Waals surface area (Å²) in [5.41, 5.74) is 5.33. The van der Waals surface area contributed by atoms with E-state index in [2.05, 4.69) is 10.6 Å². The molecule has 5 N–H and O–H groups in total. The summed E-state index contributed by atoms with van der Waals surface area (Å²) in [5.74, 6) is 0.0582. The Balaban J connectivity index is 2.33. The number of carbonyl (C=O) groups is 3. The summed E-state index contributed by atoms with van der Waals surface area (Å²) in [5, 5.41) is 6.94. The third kappa shape index (κ3) is 5.71. The Bertz CT molecular complexity index is 504. The predicted molar refractivity (Wildman–Crippen MR) is 72.4 cm³/mol. The van der Waals surface area contributed by atoms with E-state index < -0.39 is 18.0 Å². The molecule has 0 aliphatic rings. The van der Waals surface area contributed by atoms with Gasteiger partial charge in [-0.05, 0) is 12.1 Å². The minimum atomic E-state index is -0.921. The maximum atomic E-state index is 11.5. The van der Waals surface area contributed by atoms with Gasteiger partial charge < -0.3 is 21.1 Å². The van der Waals surface area contributed by atoms with Crippen molar-refractivity contribution >= 4 is 23.7 Å². The number of methoxy groups -OCH3 is 1. The van der Waals surface area contributed by atoms with Gasteiger partial charge in [0.25, 0.3) is 0 Å². The van der Waals surface area contributed by atoms with Crippen LogP contribution in [0, 0.1) is 0 Å². The summed E-state index contributed by atoms with van der Waals surface area (Å²) >= 11 is 0. The van der Waals surface area contributed by atoms with Crippen LogP contribution < -0.4 is 26.4 Å². The molecule has 0 bridgehead atoms. The molecule has 5 amide bonds. The summed E-state index contributed by atoms with van der Waals surface area (Å²) in [6.07, 6.45) is -0.0472. The number of hydrogen-bond donors (Lipinski definition) is 4. The average Bonchev–Trinajstić information content (AvgIpc) is 2.38. The number of amides is 5. The lowest BCUT2D eigenvalue weighted by Gasteiger charge is -2.08. The van der Waals surface area contributed by atoms with Crippen molar-refractivity contribution in [2.75, 3.05) is 19.0 Å². The van der Waals surface area contributed by atoms with Crippen molar-refractivity contribution < 1.29 is 19.1 Å².